The van der Waals surface area contributed by atoms with Crippen LogP contribution >= 0.6 is 0 Å². The normalized spacial score (nSPS) is 16.2. The zero-order valence-corrected chi connectivity index (χ0v) is 14.4. The molecule has 0 atom stereocenters. The minimum absolute atomic E-state index is 0.0536. The van der Waals surface area contributed by atoms with Crippen LogP contribution in [-0.4, -0.2) is 64.2 Å². The molecular weight excluding hydrogens is 314 g/mol. The Balaban J connectivity index is 1.99. The monoisotopic (exact) mass is 339 g/mol. The summed E-state index contributed by atoms with van der Waals surface area (Å²) in [4.78, 5) is 14.8. The third-order valence-corrected chi connectivity index (χ3v) is 5.83. The number of rotatable bonds is 7. The van der Waals surface area contributed by atoms with Crippen molar-refractivity contribution in [1.82, 2.24) is 15.5 Å². The predicted molar refractivity (Wildman–Crippen MR) is 90.4 cm³/mol. The molecule has 0 aromatic heterocycles. The molecule has 1 aromatic rings. The predicted octanol–water partition coefficient (Wildman–Crippen LogP) is 0.505. The Bertz CT molecular complexity index is 625. The molecule has 0 bridgehead atoms. The number of nitrogens with one attached hydrogen (secondary N) is 2. The molecule has 1 aromatic carbocycles. The summed E-state index contributed by atoms with van der Waals surface area (Å²) in [6, 6.07) is 6.43. The van der Waals surface area contributed by atoms with Crippen molar-refractivity contribution in [2.45, 2.75) is 18.2 Å². The lowest BCUT2D eigenvalue weighted by atomic mass is 10.2. The topological polar surface area (TPSA) is 78.5 Å². The van der Waals surface area contributed by atoms with Crippen LogP contribution in [0.4, 0.5) is 0 Å². The average molecular weight is 339 g/mol. The van der Waals surface area contributed by atoms with Gasteiger partial charge in [0.1, 0.15) is 0 Å². The fourth-order valence-corrected chi connectivity index (χ4v) is 4.20. The maximum Gasteiger partial charge on any atom is 0.252 e. The zero-order chi connectivity index (χ0) is 16.7. The first kappa shape index (κ1) is 17.9. The summed E-state index contributed by atoms with van der Waals surface area (Å²) >= 11 is 0. The Morgan fingerprint density at radius 1 is 1.26 bits per heavy atom. The maximum atomic E-state index is 12.4. The number of amides is 1. The molecule has 1 heterocycles. The third kappa shape index (κ3) is 5.02. The Kier molecular flexibility index (Phi) is 6.56. The SMILES string of the molecule is CCCS(=O)(=O)c1ccccc1C(=O)NCCN1CCNCC1. The van der Waals surface area contributed by atoms with Crippen molar-refractivity contribution in [1.29, 1.82) is 0 Å². The highest BCUT2D eigenvalue weighted by molar-refractivity contribution is 7.91. The summed E-state index contributed by atoms with van der Waals surface area (Å²) in [6.45, 7) is 6.97. The molecule has 1 amide bonds. The molecule has 1 fully saturated rings. The molecule has 2 rings (SSSR count). The number of piperazine rings is 1. The molecule has 6 nitrogen and oxygen atoms in total. The van der Waals surface area contributed by atoms with Crippen LogP contribution < -0.4 is 10.6 Å². The third-order valence-electron chi connectivity index (χ3n) is 3.86. The highest BCUT2D eigenvalue weighted by atomic mass is 32.2. The first-order valence-corrected chi connectivity index (χ1v) is 9.73. The smallest absolute Gasteiger partial charge is 0.252 e. The van der Waals surface area contributed by atoms with E-state index in [9.17, 15) is 13.2 Å². The van der Waals surface area contributed by atoms with E-state index in [2.05, 4.69) is 15.5 Å². The van der Waals surface area contributed by atoms with Crippen molar-refractivity contribution in [3.63, 3.8) is 0 Å². The van der Waals surface area contributed by atoms with Gasteiger partial charge in [-0.2, -0.15) is 0 Å². The molecule has 23 heavy (non-hydrogen) atoms. The number of sulfone groups is 1. The van der Waals surface area contributed by atoms with E-state index in [0.29, 0.717) is 13.0 Å². The largest absolute Gasteiger partial charge is 0.351 e. The van der Waals surface area contributed by atoms with E-state index in [-0.39, 0.29) is 22.1 Å². The number of hydrogen-bond donors (Lipinski definition) is 2. The number of carbonyl (C=O) groups excluding carboxylic acids is 1. The number of hydrogen-bond acceptors (Lipinski definition) is 5. The summed E-state index contributed by atoms with van der Waals surface area (Å²) in [5.41, 5.74) is 0.237. The number of nitrogens with zero attached hydrogens (tertiary/aromatic N) is 1. The lowest BCUT2D eigenvalue weighted by molar-refractivity contribution is 0.0944. The van der Waals surface area contributed by atoms with Crippen LogP contribution in [0.1, 0.15) is 23.7 Å². The molecule has 128 valence electrons. The molecule has 1 aliphatic heterocycles. The van der Waals surface area contributed by atoms with E-state index in [1.54, 1.807) is 18.2 Å². The van der Waals surface area contributed by atoms with Crippen LogP contribution in [0.15, 0.2) is 29.2 Å². The zero-order valence-electron chi connectivity index (χ0n) is 13.5. The van der Waals surface area contributed by atoms with Gasteiger partial charge >= 0.3 is 0 Å². The minimum atomic E-state index is -3.41. The fraction of sp³-hybridized carbons (Fsp3) is 0.562. The molecule has 0 spiro atoms. The molecule has 1 aliphatic rings. The van der Waals surface area contributed by atoms with Gasteiger partial charge in [0.15, 0.2) is 9.84 Å². The van der Waals surface area contributed by atoms with E-state index in [1.165, 1.54) is 6.07 Å². The molecule has 0 unspecified atom stereocenters. The van der Waals surface area contributed by atoms with Crippen molar-refractivity contribution in [2.24, 2.45) is 0 Å². The van der Waals surface area contributed by atoms with Gasteiger partial charge in [0.05, 0.1) is 16.2 Å². The van der Waals surface area contributed by atoms with Crippen molar-refractivity contribution in [3.05, 3.63) is 29.8 Å². The van der Waals surface area contributed by atoms with Crippen LogP contribution in [0.25, 0.3) is 0 Å². The Morgan fingerprint density at radius 2 is 1.96 bits per heavy atom. The van der Waals surface area contributed by atoms with Gasteiger partial charge in [-0.15, -0.1) is 0 Å². The van der Waals surface area contributed by atoms with Crippen molar-refractivity contribution in [3.8, 4) is 0 Å². The van der Waals surface area contributed by atoms with Gasteiger partial charge in [0.25, 0.3) is 5.91 Å². The maximum absolute atomic E-state index is 12.4. The van der Waals surface area contributed by atoms with Crippen molar-refractivity contribution in [2.75, 3.05) is 45.0 Å². The van der Waals surface area contributed by atoms with Gasteiger partial charge < -0.3 is 10.6 Å². The number of benzene rings is 1. The minimum Gasteiger partial charge on any atom is -0.351 e. The van der Waals surface area contributed by atoms with Crippen LogP contribution in [0, 0.1) is 0 Å². The van der Waals surface area contributed by atoms with E-state index < -0.39 is 9.84 Å². The molecule has 7 heteroatoms. The summed E-state index contributed by atoms with van der Waals surface area (Å²) in [6.07, 6.45) is 0.529. The van der Waals surface area contributed by atoms with Gasteiger partial charge in [0.2, 0.25) is 0 Å². The van der Waals surface area contributed by atoms with Gasteiger partial charge in [-0.3, -0.25) is 9.69 Å². The summed E-state index contributed by atoms with van der Waals surface area (Å²) in [5.74, 6) is -0.270. The number of carbonyl (C=O) groups is 1. The second-order valence-corrected chi connectivity index (χ2v) is 7.74. The standard InChI is InChI=1S/C16H25N3O3S/c1-2-13-23(21,22)15-6-4-3-5-14(15)16(20)18-9-12-19-10-7-17-8-11-19/h3-6,17H,2,7-13H2,1H3,(H,18,20). The highest BCUT2D eigenvalue weighted by Gasteiger charge is 2.21. The molecule has 0 aliphatic carbocycles. The lowest BCUT2D eigenvalue weighted by Gasteiger charge is -2.27. The molecule has 2 N–H and O–H groups in total. The quantitative estimate of drug-likeness (QED) is 0.757. The first-order chi connectivity index (χ1) is 11.0. The highest BCUT2D eigenvalue weighted by Crippen LogP contribution is 2.17. The average Bonchev–Trinajstić information content (AvgIpc) is 2.56. The second-order valence-electron chi connectivity index (χ2n) is 5.66. The van der Waals surface area contributed by atoms with E-state index in [4.69, 9.17) is 0 Å². The van der Waals surface area contributed by atoms with Gasteiger partial charge in [-0.05, 0) is 18.6 Å². The Hall–Kier alpha value is -1.44. The van der Waals surface area contributed by atoms with Crippen LogP contribution in [0.2, 0.25) is 0 Å². The van der Waals surface area contributed by atoms with Gasteiger partial charge in [-0.1, -0.05) is 19.1 Å². The molecule has 0 radical (unpaired) electrons. The Labute approximate surface area is 138 Å². The van der Waals surface area contributed by atoms with E-state index >= 15 is 0 Å². The second kappa shape index (κ2) is 8.42. The first-order valence-electron chi connectivity index (χ1n) is 8.07. The van der Waals surface area contributed by atoms with Crippen LogP contribution in [0.5, 0.6) is 0 Å². The Morgan fingerprint density at radius 3 is 2.65 bits per heavy atom. The van der Waals surface area contributed by atoms with E-state index in [0.717, 1.165) is 32.7 Å². The van der Waals surface area contributed by atoms with Crippen LogP contribution in [0.3, 0.4) is 0 Å². The van der Waals surface area contributed by atoms with E-state index in [1.807, 2.05) is 6.92 Å². The van der Waals surface area contributed by atoms with Crippen LogP contribution in [-0.2, 0) is 9.84 Å². The van der Waals surface area contributed by atoms with Crippen molar-refractivity contribution < 1.29 is 13.2 Å². The molecule has 0 saturated carbocycles. The fourth-order valence-electron chi connectivity index (χ4n) is 2.66. The molecule has 1 saturated heterocycles. The lowest BCUT2D eigenvalue weighted by Crippen LogP contribution is -2.46. The summed E-state index contributed by atoms with van der Waals surface area (Å²) in [7, 11) is -3.41. The summed E-state index contributed by atoms with van der Waals surface area (Å²) in [5, 5.41) is 6.12. The molecular formula is C16H25N3O3S. The van der Waals surface area contributed by atoms with Gasteiger partial charge in [0, 0.05) is 39.3 Å². The van der Waals surface area contributed by atoms with Gasteiger partial charge in [-0.25, -0.2) is 8.42 Å². The van der Waals surface area contributed by atoms with Crippen molar-refractivity contribution >= 4 is 15.7 Å². The summed E-state index contributed by atoms with van der Waals surface area (Å²) < 4.78 is 24.6.